The molecule has 0 spiro atoms. The molecule has 3 N–H and O–H groups in total. The zero-order valence-corrected chi connectivity index (χ0v) is 22.2. The minimum absolute atomic E-state index is 0.0167. The number of amides is 2. The van der Waals surface area contributed by atoms with E-state index in [0.717, 1.165) is 0 Å². The van der Waals surface area contributed by atoms with Crippen molar-refractivity contribution in [1.29, 1.82) is 21.0 Å². The van der Waals surface area contributed by atoms with Crippen LogP contribution in [0.15, 0.2) is 46.6 Å². The second kappa shape index (κ2) is 10.7. The van der Waals surface area contributed by atoms with Gasteiger partial charge in [-0.3, -0.25) is 4.79 Å². The lowest BCUT2D eigenvalue weighted by Gasteiger charge is -2.03. The number of fused-ring (bicyclic) bond motifs is 6. The van der Waals surface area contributed by atoms with Crippen molar-refractivity contribution >= 4 is 51.5 Å². The van der Waals surface area contributed by atoms with E-state index in [1.807, 2.05) is 12.1 Å². The molecule has 0 saturated heterocycles. The third kappa shape index (κ3) is 4.60. The van der Waals surface area contributed by atoms with E-state index < -0.39 is 6.03 Å². The number of aromatic amines is 1. The van der Waals surface area contributed by atoms with Gasteiger partial charge in [0.15, 0.2) is 22.8 Å². The summed E-state index contributed by atoms with van der Waals surface area (Å²) in [6.07, 6.45) is 0. The van der Waals surface area contributed by atoms with E-state index >= 15 is 0 Å². The van der Waals surface area contributed by atoms with Crippen molar-refractivity contribution in [2.24, 2.45) is 16.0 Å². The number of carbonyl (C=O) groups excluding carboxylic acids is 2. The Bertz CT molecular complexity index is 2180. The largest absolute Gasteiger partial charge is 0.356 e. The quantitative estimate of drug-likeness (QED) is 0.236. The number of aromatic nitrogens is 4. The van der Waals surface area contributed by atoms with Gasteiger partial charge in [0.1, 0.15) is 41.4 Å². The van der Waals surface area contributed by atoms with E-state index in [1.54, 1.807) is 42.5 Å². The van der Waals surface area contributed by atoms with E-state index in [4.69, 9.17) is 50.0 Å². The van der Waals surface area contributed by atoms with Crippen molar-refractivity contribution in [2.45, 2.75) is 0 Å². The van der Waals surface area contributed by atoms with Crippen LogP contribution in [0, 0.1) is 45.3 Å². The fraction of sp³-hybridized carbons (Fsp3) is 0. The molecule has 0 radical (unpaired) electrons. The van der Waals surface area contributed by atoms with Crippen LogP contribution in [0.5, 0.6) is 0 Å². The lowest BCUT2D eigenvalue weighted by Crippen LogP contribution is -2.04. The van der Waals surface area contributed by atoms with E-state index in [1.165, 1.54) is 6.07 Å². The molecule has 2 heterocycles. The SMILES string of the molecule is N#Cc1nc2c(nc1C#N)-c1ccc(Cl)cc1C2=O.N#Cc1nc2c3ccc(Cl)cc3c(N=NC(N)=O)c-2[nH]c1C#N. The molecule has 0 unspecified atom stereocenters. The second-order valence-corrected chi connectivity index (χ2v) is 9.22. The summed E-state index contributed by atoms with van der Waals surface area (Å²) in [7, 11) is 0. The summed E-state index contributed by atoms with van der Waals surface area (Å²) in [5.41, 5.74) is 7.14. The zero-order valence-electron chi connectivity index (χ0n) is 20.6. The van der Waals surface area contributed by atoms with Crippen molar-refractivity contribution in [3.8, 4) is 46.9 Å². The van der Waals surface area contributed by atoms with Gasteiger partial charge in [0, 0.05) is 31.9 Å². The molecular weight excluding hydrogens is 581 g/mol. The van der Waals surface area contributed by atoms with Crippen LogP contribution < -0.4 is 5.73 Å². The number of hydrogen-bond acceptors (Lipinski definition) is 10. The average Bonchev–Trinajstić information content (AvgIpc) is 3.43. The number of rotatable bonds is 1. The molecule has 1 aliphatic heterocycles. The Hall–Kier alpha value is -6.25. The first-order chi connectivity index (χ1) is 20.2. The minimum Gasteiger partial charge on any atom is -0.348 e. The second-order valence-electron chi connectivity index (χ2n) is 8.35. The predicted molar refractivity (Wildman–Crippen MR) is 147 cm³/mol. The van der Waals surface area contributed by atoms with Crippen LogP contribution in [-0.4, -0.2) is 31.8 Å². The Kier molecular flexibility index (Phi) is 6.98. The fourth-order valence-corrected chi connectivity index (χ4v) is 4.57. The molecule has 2 amide bonds. The van der Waals surface area contributed by atoms with Gasteiger partial charge in [0.25, 0.3) is 0 Å². The Balaban J connectivity index is 0.000000171. The number of ketones is 1. The molecule has 0 saturated carbocycles. The topological polar surface area (TPSA) is 234 Å². The van der Waals surface area contributed by atoms with Crippen LogP contribution in [0.1, 0.15) is 38.8 Å². The van der Waals surface area contributed by atoms with Crippen LogP contribution in [0.3, 0.4) is 0 Å². The summed E-state index contributed by atoms with van der Waals surface area (Å²) in [5.74, 6) is -0.332. The smallest absolute Gasteiger partial charge is 0.348 e. The number of azo groups is 1. The summed E-state index contributed by atoms with van der Waals surface area (Å²) >= 11 is 11.8. The molecule has 42 heavy (non-hydrogen) atoms. The van der Waals surface area contributed by atoms with Crippen molar-refractivity contribution in [1.82, 2.24) is 19.9 Å². The van der Waals surface area contributed by atoms with Crippen LogP contribution in [0.2, 0.25) is 10.0 Å². The molecule has 2 aromatic carbocycles. The number of carbonyl (C=O) groups is 2. The molecule has 3 aromatic rings. The molecule has 2 aliphatic carbocycles. The monoisotopic (exact) mass is 589 g/mol. The third-order valence-electron chi connectivity index (χ3n) is 5.95. The highest BCUT2D eigenvalue weighted by Crippen LogP contribution is 2.44. The van der Waals surface area contributed by atoms with Gasteiger partial charge in [0.05, 0.1) is 11.4 Å². The molecule has 3 aliphatic rings. The van der Waals surface area contributed by atoms with Gasteiger partial charge in [-0.05, 0) is 24.3 Å². The molecule has 198 valence electrons. The molecule has 0 fully saturated rings. The maximum Gasteiger partial charge on any atom is 0.356 e. The number of nitrogens with zero attached hydrogens (tertiary/aromatic N) is 9. The molecule has 0 bridgehead atoms. The summed E-state index contributed by atoms with van der Waals surface area (Å²) < 4.78 is 0. The van der Waals surface area contributed by atoms with Crippen molar-refractivity contribution in [3.63, 3.8) is 0 Å². The summed E-state index contributed by atoms with van der Waals surface area (Å²) in [6.45, 7) is 0. The Morgan fingerprint density at radius 3 is 2.05 bits per heavy atom. The molecule has 6 rings (SSSR count). The van der Waals surface area contributed by atoms with E-state index in [-0.39, 0.29) is 39.9 Å². The summed E-state index contributed by atoms with van der Waals surface area (Å²) in [5, 5.41) is 45.3. The minimum atomic E-state index is -0.961. The number of halogens is 2. The first-order valence-corrected chi connectivity index (χ1v) is 12.2. The summed E-state index contributed by atoms with van der Waals surface area (Å²) in [6, 6.07) is 16.1. The van der Waals surface area contributed by atoms with E-state index in [2.05, 4.69) is 30.2 Å². The van der Waals surface area contributed by atoms with Crippen molar-refractivity contribution in [2.75, 3.05) is 0 Å². The predicted octanol–water partition coefficient (Wildman–Crippen LogP) is 5.31. The van der Waals surface area contributed by atoms with Gasteiger partial charge >= 0.3 is 6.03 Å². The highest BCUT2D eigenvalue weighted by molar-refractivity contribution is 6.32. The highest BCUT2D eigenvalue weighted by Gasteiger charge is 2.31. The third-order valence-corrected chi connectivity index (χ3v) is 6.42. The fourth-order valence-electron chi connectivity index (χ4n) is 4.23. The number of urea groups is 1. The standard InChI is InChI=1S/C14H6ClN7O.C13H3ClN4O/c15-6-1-2-7-8(3-6)12(21-22-14(18)23)13-11(7)19-9(4-16)10(5-17)20-13;14-6-1-2-7-8(3-6)13(19)12-11(7)17-9(4-15)10(5-16)18-12/h1-3,20H,(H2,18,23);1-3H. The Labute approximate surface area is 245 Å². The first-order valence-electron chi connectivity index (χ1n) is 11.4. The average molecular weight is 590 g/mol. The van der Waals surface area contributed by atoms with Crippen LogP contribution >= 0.6 is 23.2 Å². The highest BCUT2D eigenvalue weighted by atomic mass is 35.5. The Morgan fingerprint density at radius 1 is 0.786 bits per heavy atom. The Morgan fingerprint density at radius 2 is 1.40 bits per heavy atom. The van der Waals surface area contributed by atoms with Gasteiger partial charge in [-0.2, -0.15) is 21.0 Å². The molecular formula is C27H9Cl2N11O2. The maximum absolute atomic E-state index is 12.2. The maximum atomic E-state index is 12.2. The van der Waals surface area contributed by atoms with E-state index in [0.29, 0.717) is 49.0 Å². The van der Waals surface area contributed by atoms with Gasteiger partial charge in [-0.15, -0.1) is 5.11 Å². The number of hydrogen-bond donors (Lipinski definition) is 2. The number of H-pyrrole nitrogens is 1. The number of nitrogens with two attached hydrogens (primary N) is 1. The summed E-state index contributed by atoms with van der Waals surface area (Å²) in [4.78, 5) is 38.0. The lowest BCUT2D eigenvalue weighted by molar-refractivity contribution is 0.103. The normalized spacial score (nSPS) is 11.1. The molecule has 15 heteroatoms. The van der Waals surface area contributed by atoms with E-state index in [9.17, 15) is 9.59 Å². The molecule has 0 atom stereocenters. The van der Waals surface area contributed by atoms with Crippen LogP contribution in [-0.2, 0) is 0 Å². The number of primary amides is 1. The number of nitrogens with one attached hydrogen (secondary N) is 1. The van der Waals surface area contributed by atoms with Gasteiger partial charge < -0.3 is 10.7 Å². The van der Waals surface area contributed by atoms with Gasteiger partial charge in [-0.25, -0.2) is 19.7 Å². The molecule has 13 nitrogen and oxygen atoms in total. The molecule has 1 aromatic heterocycles. The zero-order chi connectivity index (χ0) is 30.1. The first kappa shape index (κ1) is 27.3. The van der Waals surface area contributed by atoms with Gasteiger partial charge in [-0.1, -0.05) is 40.4 Å². The lowest BCUT2D eigenvalue weighted by atomic mass is 10.1. The van der Waals surface area contributed by atoms with Crippen molar-refractivity contribution in [3.05, 3.63) is 80.5 Å². The van der Waals surface area contributed by atoms with Gasteiger partial charge in [0.2, 0.25) is 5.78 Å². The number of nitriles is 4. The van der Waals surface area contributed by atoms with Crippen molar-refractivity contribution < 1.29 is 9.59 Å². The van der Waals surface area contributed by atoms with Crippen LogP contribution in [0.25, 0.3) is 33.4 Å². The van der Waals surface area contributed by atoms with Crippen LogP contribution in [0.4, 0.5) is 10.5 Å². The number of benzene rings is 2.